The van der Waals surface area contributed by atoms with E-state index in [2.05, 4.69) is 10.3 Å². The van der Waals surface area contributed by atoms with E-state index in [4.69, 9.17) is 23.7 Å². The normalized spacial score (nSPS) is 10.9. The average molecular weight is 577 g/mol. The van der Waals surface area contributed by atoms with Crippen LogP contribution in [0.4, 0.5) is 10.2 Å². The fraction of sp³-hybridized carbons (Fsp3) is 0.483. The zero-order chi connectivity index (χ0) is 30.3. The molecule has 0 unspecified atom stereocenters. The van der Waals surface area contributed by atoms with Gasteiger partial charge < -0.3 is 29.0 Å². The molecular formula is C29H37FN2O9. The number of methoxy groups -OCH3 is 1. The summed E-state index contributed by atoms with van der Waals surface area (Å²) in [5.74, 6) is -5.05. The summed E-state index contributed by atoms with van der Waals surface area (Å²) in [6.07, 6.45) is 4.84. The van der Waals surface area contributed by atoms with Gasteiger partial charge in [0.2, 0.25) is 0 Å². The van der Waals surface area contributed by atoms with Gasteiger partial charge in [-0.25, -0.2) is 28.6 Å². The lowest BCUT2D eigenvalue weighted by molar-refractivity contribution is -0.173. The third-order valence-corrected chi connectivity index (χ3v) is 5.74. The monoisotopic (exact) mass is 576 g/mol. The van der Waals surface area contributed by atoms with E-state index < -0.39 is 35.2 Å². The highest BCUT2D eigenvalue weighted by atomic mass is 19.1. The second-order valence-electron chi connectivity index (χ2n) is 8.96. The Bertz CT molecular complexity index is 1120. The van der Waals surface area contributed by atoms with Gasteiger partial charge in [0.1, 0.15) is 28.7 Å². The number of carbonyl (C=O) groups excluding carboxylic acids is 4. The van der Waals surface area contributed by atoms with Gasteiger partial charge in [-0.2, -0.15) is 0 Å². The Morgan fingerprint density at radius 3 is 1.80 bits per heavy atom. The average Bonchev–Trinajstić information content (AvgIpc) is 2.96. The van der Waals surface area contributed by atoms with Crippen LogP contribution >= 0.6 is 0 Å². The molecule has 0 saturated carbocycles. The molecule has 0 aliphatic rings. The lowest BCUT2D eigenvalue weighted by Gasteiger charge is -2.28. The Labute approximate surface area is 238 Å². The molecule has 1 aromatic carbocycles. The molecule has 11 nitrogen and oxygen atoms in total. The molecule has 2 aromatic rings. The summed E-state index contributed by atoms with van der Waals surface area (Å²) >= 11 is 0. The zero-order valence-corrected chi connectivity index (χ0v) is 23.8. The number of benzene rings is 1. The van der Waals surface area contributed by atoms with E-state index in [9.17, 15) is 23.6 Å². The number of nitrogens with one attached hydrogen (secondary N) is 1. The number of esters is 4. The Balaban J connectivity index is 2.43. The summed E-state index contributed by atoms with van der Waals surface area (Å²) in [5, 5.41) is 2.59. The zero-order valence-electron chi connectivity index (χ0n) is 23.8. The van der Waals surface area contributed by atoms with E-state index in [1.54, 1.807) is 0 Å². The van der Waals surface area contributed by atoms with Gasteiger partial charge in [0, 0.05) is 6.07 Å². The molecule has 41 heavy (non-hydrogen) atoms. The molecular weight excluding hydrogens is 539 g/mol. The van der Waals surface area contributed by atoms with Crippen LogP contribution in [0.3, 0.4) is 0 Å². The third kappa shape index (κ3) is 9.16. The molecule has 0 bridgehead atoms. The maximum absolute atomic E-state index is 13.8. The van der Waals surface area contributed by atoms with Gasteiger partial charge in [0.25, 0.3) is 0 Å². The maximum Gasteiger partial charge on any atom is 0.355 e. The van der Waals surface area contributed by atoms with Gasteiger partial charge >= 0.3 is 29.4 Å². The maximum atomic E-state index is 13.8. The summed E-state index contributed by atoms with van der Waals surface area (Å²) in [4.78, 5) is 56.2. The molecule has 0 aliphatic heterocycles. The van der Waals surface area contributed by atoms with Crippen molar-refractivity contribution in [2.75, 3.05) is 32.2 Å². The molecule has 0 atom stereocenters. The summed E-state index contributed by atoms with van der Waals surface area (Å²) in [6, 6.07) is 6.00. The molecule has 0 spiro atoms. The van der Waals surface area contributed by atoms with Crippen LogP contribution in [0.2, 0.25) is 0 Å². The van der Waals surface area contributed by atoms with Crippen LogP contribution in [0, 0.1) is 5.82 Å². The molecule has 0 amide bonds. The summed E-state index contributed by atoms with van der Waals surface area (Å²) in [6.45, 7) is 5.59. The van der Waals surface area contributed by atoms with Gasteiger partial charge in [-0.1, -0.05) is 40.0 Å². The van der Waals surface area contributed by atoms with Crippen molar-refractivity contribution in [3.8, 4) is 11.5 Å². The number of unbranched alkanes of at least 4 members (excludes halogenated alkanes) is 3. The van der Waals surface area contributed by atoms with Crippen molar-refractivity contribution in [1.82, 2.24) is 4.98 Å². The Kier molecular flexibility index (Phi) is 13.5. The number of halogens is 1. The van der Waals surface area contributed by atoms with Crippen molar-refractivity contribution in [1.29, 1.82) is 0 Å². The van der Waals surface area contributed by atoms with E-state index in [-0.39, 0.29) is 42.7 Å². The minimum atomic E-state index is -2.68. The van der Waals surface area contributed by atoms with Gasteiger partial charge in [0.05, 0.1) is 33.1 Å². The summed E-state index contributed by atoms with van der Waals surface area (Å²) < 4.78 is 40.1. The molecule has 12 heteroatoms. The van der Waals surface area contributed by atoms with Crippen molar-refractivity contribution < 1.29 is 47.3 Å². The Morgan fingerprint density at radius 1 is 0.829 bits per heavy atom. The first-order chi connectivity index (χ1) is 19.7. The van der Waals surface area contributed by atoms with E-state index in [0.29, 0.717) is 38.5 Å². The topological polar surface area (TPSA) is 139 Å². The van der Waals surface area contributed by atoms with Gasteiger partial charge in [-0.05, 0) is 43.5 Å². The number of rotatable bonds is 17. The Morgan fingerprint density at radius 2 is 1.37 bits per heavy atom. The lowest BCUT2D eigenvalue weighted by Crippen LogP contribution is -2.62. The molecule has 0 radical (unpaired) electrons. The number of aromatic nitrogens is 1. The first kappa shape index (κ1) is 33.0. The number of pyridine rings is 1. The Hall–Kier alpha value is -4.22. The fourth-order valence-corrected chi connectivity index (χ4v) is 3.35. The van der Waals surface area contributed by atoms with Crippen molar-refractivity contribution in [3.05, 3.63) is 47.9 Å². The van der Waals surface area contributed by atoms with E-state index in [1.807, 2.05) is 20.8 Å². The minimum Gasteiger partial charge on any atom is -0.465 e. The molecule has 224 valence electrons. The van der Waals surface area contributed by atoms with Crippen LogP contribution in [-0.4, -0.2) is 61.3 Å². The number of anilines is 1. The quantitative estimate of drug-likeness (QED) is 0.118. The van der Waals surface area contributed by atoms with Gasteiger partial charge in [-0.3, -0.25) is 0 Å². The largest absolute Gasteiger partial charge is 0.465 e. The van der Waals surface area contributed by atoms with Crippen LogP contribution in [0.5, 0.6) is 11.5 Å². The highest BCUT2D eigenvalue weighted by molar-refractivity contribution is 6.25. The van der Waals surface area contributed by atoms with Crippen LogP contribution in [-0.2, 0) is 33.3 Å². The second kappa shape index (κ2) is 16.8. The highest BCUT2D eigenvalue weighted by Crippen LogP contribution is 2.28. The van der Waals surface area contributed by atoms with Crippen molar-refractivity contribution >= 4 is 29.7 Å². The minimum absolute atomic E-state index is 0.0189. The van der Waals surface area contributed by atoms with Crippen LogP contribution in [0.1, 0.15) is 69.7 Å². The summed E-state index contributed by atoms with van der Waals surface area (Å²) in [7, 11) is 1.18. The van der Waals surface area contributed by atoms with Crippen molar-refractivity contribution in [2.45, 2.75) is 64.8 Å². The van der Waals surface area contributed by atoms with Crippen LogP contribution in [0.15, 0.2) is 36.5 Å². The lowest BCUT2D eigenvalue weighted by atomic mass is 9.99. The highest BCUT2D eigenvalue weighted by Gasteiger charge is 2.58. The number of nitrogens with zero attached hydrogens (tertiary/aromatic N) is 1. The van der Waals surface area contributed by atoms with Gasteiger partial charge in [-0.15, -0.1) is 0 Å². The first-order valence-electron chi connectivity index (χ1n) is 13.5. The molecule has 0 fully saturated rings. The molecule has 0 aliphatic carbocycles. The predicted molar refractivity (Wildman–Crippen MR) is 146 cm³/mol. The molecule has 1 aromatic heterocycles. The SMILES string of the molecule is CCCCOC(=O)C(Nc1ccc(Oc2cc(F)ccc2C(=O)OC)cn1)(C(=O)OCCCC)C(=O)OCCCC. The van der Waals surface area contributed by atoms with Gasteiger partial charge in [0.15, 0.2) is 0 Å². The third-order valence-electron chi connectivity index (χ3n) is 5.74. The summed E-state index contributed by atoms with van der Waals surface area (Å²) in [5.41, 5.74) is -2.69. The first-order valence-corrected chi connectivity index (χ1v) is 13.5. The smallest absolute Gasteiger partial charge is 0.355 e. The number of hydrogen-bond acceptors (Lipinski definition) is 11. The fourth-order valence-electron chi connectivity index (χ4n) is 3.35. The van der Waals surface area contributed by atoms with Crippen LogP contribution in [0.25, 0.3) is 0 Å². The predicted octanol–water partition coefficient (Wildman–Crippen LogP) is 4.98. The number of hydrogen-bond donors (Lipinski definition) is 1. The van der Waals surface area contributed by atoms with Crippen molar-refractivity contribution in [2.24, 2.45) is 0 Å². The molecule has 1 N–H and O–H groups in total. The second-order valence-corrected chi connectivity index (χ2v) is 8.96. The molecule has 0 saturated heterocycles. The standard InChI is InChI=1S/C29H37FN2O9/c1-5-8-15-38-26(34)29(27(35)39-16-9-6-2,28(36)40-17-10-7-3)32-24-14-12-21(19-31-24)41-23-18-20(30)11-13-22(23)25(33)37-4/h11-14,18-19H,5-10,15-17H2,1-4H3,(H,31,32). The number of carbonyl (C=O) groups is 4. The van der Waals surface area contributed by atoms with Crippen molar-refractivity contribution in [3.63, 3.8) is 0 Å². The molecule has 2 rings (SSSR count). The van der Waals surface area contributed by atoms with E-state index >= 15 is 0 Å². The number of ether oxygens (including phenoxy) is 5. The van der Waals surface area contributed by atoms with E-state index in [0.717, 1.165) is 12.1 Å². The van der Waals surface area contributed by atoms with E-state index in [1.165, 1.54) is 31.5 Å². The van der Waals surface area contributed by atoms with Crippen LogP contribution < -0.4 is 10.1 Å². The molecule has 1 heterocycles.